The predicted octanol–water partition coefficient (Wildman–Crippen LogP) is 3.92. The number of hydrogen-bond acceptors (Lipinski definition) is 6. The first-order valence-corrected chi connectivity index (χ1v) is 13.6. The van der Waals surface area contributed by atoms with E-state index in [1.807, 2.05) is 0 Å². The molecule has 3 aromatic rings. The van der Waals surface area contributed by atoms with E-state index in [2.05, 4.69) is 10.6 Å². The fraction of sp³-hybridized carbons (Fsp3) is 0.154. The molecule has 182 valence electrons. The minimum absolute atomic E-state index is 0.403. The Morgan fingerprint density at radius 2 is 0.943 bits per heavy atom. The summed E-state index contributed by atoms with van der Waals surface area (Å²) in [7, 11) is 0. The van der Waals surface area contributed by atoms with Gasteiger partial charge >= 0.3 is 212 Å². The zero-order valence-electron chi connectivity index (χ0n) is 19.1. The van der Waals surface area contributed by atoms with Crippen LogP contribution in [0.2, 0.25) is 0 Å². The van der Waals surface area contributed by atoms with Crippen LogP contribution in [-0.2, 0) is 15.7 Å². The summed E-state index contributed by atoms with van der Waals surface area (Å²) in [5.41, 5.74) is 0.806. The average molecular weight is 588 g/mol. The van der Waals surface area contributed by atoms with Gasteiger partial charge in [0.15, 0.2) is 0 Å². The van der Waals surface area contributed by atoms with E-state index in [0.717, 1.165) is 0 Å². The molecule has 0 spiro atoms. The fourth-order valence-corrected chi connectivity index (χ4v) is 5.90. The third-order valence-electron chi connectivity index (χ3n) is 4.68. The van der Waals surface area contributed by atoms with E-state index in [-0.39, 0.29) is 0 Å². The van der Waals surface area contributed by atoms with Crippen molar-refractivity contribution in [3.05, 3.63) is 106 Å². The van der Waals surface area contributed by atoms with Crippen molar-refractivity contribution >= 4 is 44.4 Å². The molecular formula is C26H25IN2O6. The van der Waals surface area contributed by atoms with Gasteiger partial charge < -0.3 is 0 Å². The van der Waals surface area contributed by atoms with E-state index in [1.165, 1.54) is 13.8 Å². The van der Waals surface area contributed by atoms with Gasteiger partial charge in [-0.1, -0.05) is 0 Å². The minimum atomic E-state index is -3.28. The molecule has 0 aliphatic rings. The number of hydrogen-bond donors (Lipinski definition) is 2. The normalized spacial score (nSPS) is 12.5. The fourth-order valence-electron chi connectivity index (χ4n) is 2.75. The summed E-state index contributed by atoms with van der Waals surface area (Å²) >= 11 is -3.28. The Morgan fingerprint density at radius 1 is 0.600 bits per heavy atom. The van der Waals surface area contributed by atoms with E-state index < -0.39 is 56.5 Å². The SMILES string of the molecule is C[C@H](NC(=O)c1ccccc1)C(=O)OI(OC(=O)[C@H](C)NC(=O)c1ccccc1)c1ccccc1. The number of carbonyl (C=O) groups excluding carboxylic acids is 4. The van der Waals surface area contributed by atoms with Crippen molar-refractivity contribution in [2.75, 3.05) is 0 Å². The molecule has 0 aliphatic heterocycles. The van der Waals surface area contributed by atoms with E-state index in [4.69, 9.17) is 6.13 Å². The summed E-state index contributed by atoms with van der Waals surface area (Å²) in [5.74, 6) is -2.30. The number of nitrogens with one attached hydrogen (secondary N) is 2. The Kier molecular flexibility index (Phi) is 9.36. The molecule has 0 aliphatic carbocycles. The van der Waals surface area contributed by atoms with E-state index in [0.29, 0.717) is 14.7 Å². The van der Waals surface area contributed by atoms with Crippen molar-refractivity contribution in [3.8, 4) is 0 Å². The second-order valence-corrected chi connectivity index (χ2v) is 10.8. The Labute approximate surface area is 211 Å². The Balaban J connectivity index is 1.65. The van der Waals surface area contributed by atoms with Crippen LogP contribution >= 0.6 is 20.6 Å². The number of rotatable bonds is 9. The van der Waals surface area contributed by atoms with Crippen LogP contribution in [0.25, 0.3) is 0 Å². The second-order valence-electron chi connectivity index (χ2n) is 7.43. The monoisotopic (exact) mass is 588 g/mol. The zero-order chi connectivity index (χ0) is 25.2. The molecule has 8 nitrogen and oxygen atoms in total. The van der Waals surface area contributed by atoms with Gasteiger partial charge in [-0.3, -0.25) is 0 Å². The molecule has 35 heavy (non-hydrogen) atoms. The first kappa shape index (κ1) is 25.9. The number of amides is 2. The van der Waals surface area contributed by atoms with Crippen LogP contribution in [0.3, 0.4) is 0 Å². The molecule has 2 N–H and O–H groups in total. The topological polar surface area (TPSA) is 111 Å². The van der Waals surface area contributed by atoms with Gasteiger partial charge in [0.2, 0.25) is 0 Å². The number of carbonyl (C=O) groups is 4. The second kappa shape index (κ2) is 12.7. The van der Waals surface area contributed by atoms with Crippen molar-refractivity contribution in [3.63, 3.8) is 0 Å². The zero-order valence-corrected chi connectivity index (χ0v) is 21.3. The molecule has 9 heteroatoms. The molecule has 2 amide bonds. The molecule has 0 fully saturated rings. The quantitative estimate of drug-likeness (QED) is 0.367. The van der Waals surface area contributed by atoms with E-state index >= 15 is 0 Å². The van der Waals surface area contributed by atoms with Crippen LogP contribution in [0, 0.1) is 3.57 Å². The summed E-state index contributed by atoms with van der Waals surface area (Å²) in [6.07, 6.45) is 0. The summed E-state index contributed by atoms with van der Waals surface area (Å²) < 4.78 is 11.8. The first-order chi connectivity index (χ1) is 16.8. The predicted molar refractivity (Wildman–Crippen MR) is 138 cm³/mol. The van der Waals surface area contributed by atoms with Crippen LogP contribution in [0.4, 0.5) is 0 Å². The third kappa shape index (κ3) is 7.64. The summed E-state index contributed by atoms with van der Waals surface area (Å²) in [6.45, 7) is 2.99. The molecule has 3 aromatic carbocycles. The van der Waals surface area contributed by atoms with Gasteiger partial charge in [-0.15, -0.1) is 0 Å². The van der Waals surface area contributed by atoms with Gasteiger partial charge in [-0.05, 0) is 0 Å². The standard InChI is InChI=1S/C26H25IN2O6/c1-18(28-23(30)20-12-6-3-7-13-20)25(32)34-27(22-16-10-5-11-17-22)35-26(33)19(2)29-24(31)21-14-8-4-9-15-21/h3-19H,1-2H3,(H,28,30)(H,29,31)/t18-,19-/m0/s1. The maximum atomic E-state index is 12.7. The first-order valence-electron chi connectivity index (χ1n) is 10.8. The molecule has 0 saturated heterocycles. The molecule has 0 aromatic heterocycles. The van der Waals surface area contributed by atoms with Gasteiger partial charge in [0.1, 0.15) is 0 Å². The van der Waals surface area contributed by atoms with Gasteiger partial charge in [0.05, 0.1) is 0 Å². The van der Waals surface area contributed by atoms with Gasteiger partial charge in [-0.25, -0.2) is 0 Å². The van der Waals surface area contributed by atoms with Crippen LogP contribution in [0.15, 0.2) is 91.0 Å². The summed E-state index contributed by atoms with van der Waals surface area (Å²) in [5, 5.41) is 5.17. The van der Waals surface area contributed by atoms with Crippen molar-refractivity contribution < 1.29 is 25.3 Å². The summed E-state index contributed by atoms with van der Waals surface area (Å²) in [4.78, 5) is 50.2. The average Bonchev–Trinajstić information content (AvgIpc) is 2.89. The van der Waals surface area contributed by atoms with Gasteiger partial charge in [0, 0.05) is 0 Å². The number of halogens is 1. The molecule has 3 rings (SSSR count). The molecular weight excluding hydrogens is 563 g/mol. The van der Waals surface area contributed by atoms with Gasteiger partial charge in [-0.2, -0.15) is 0 Å². The third-order valence-corrected chi connectivity index (χ3v) is 8.08. The Morgan fingerprint density at radius 3 is 1.31 bits per heavy atom. The van der Waals surface area contributed by atoms with Crippen LogP contribution in [0.5, 0.6) is 0 Å². The van der Waals surface area contributed by atoms with E-state index in [1.54, 1.807) is 91.0 Å². The molecule has 0 radical (unpaired) electrons. The van der Waals surface area contributed by atoms with Crippen molar-refractivity contribution in [2.24, 2.45) is 0 Å². The summed E-state index contributed by atoms with van der Waals surface area (Å²) in [6, 6.07) is 23.7. The molecule has 2 atom stereocenters. The van der Waals surface area contributed by atoms with Crippen molar-refractivity contribution in [1.82, 2.24) is 10.6 Å². The van der Waals surface area contributed by atoms with Crippen molar-refractivity contribution in [1.29, 1.82) is 0 Å². The number of benzene rings is 3. The van der Waals surface area contributed by atoms with Crippen molar-refractivity contribution in [2.45, 2.75) is 25.9 Å². The van der Waals surface area contributed by atoms with Crippen LogP contribution in [-0.4, -0.2) is 35.8 Å². The molecule has 0 heterocycles. The molecule has 0 saturated carbocycles. The van der Waals surface area contributed by atoms with Gasteiger partial charge in [0.25, 0.3) is 0 Å². The van der Waals surface area contributed by atoms with Crippen LogP contribution in [0.1, 0.15) is 34.6 Å². The molecule has 0 unspecified atom stereocenters. The Bertz CT molecular complexity index is 1080. The maximum absolute atomic E-state index is 12.7. The van der Waals surface area contributed by atoms with Crippen LogP contribution < -0.4 is 10.6 Å². The molecule has 0 bridgehead atoms. The Hall–Kier alpha value is -3.73. The van der Waals surface area contributed by atoms with E-state index in [9.17, 15) is 19.2 Å².